The first-order valence-electron chi connectivity index (χ1n) is 15.6. The number of pyridine rings is 1. The van der Waals surface area contributed by atoms with Crippen LogP contribution >= 0.6 is 11.8 Å². The highest BCUT2D eigenvalue weighted by atomic mass is 32.2. The highest BCUT2D eigenvalue weighted by molar-refractivity contribution is 7.99. The van der Waals surface area contributed by atoms with Crippen LogP contribution in [-0.2, 0) is 37.0 Å². The molecule has 3 aromatic carbocycles. The molecule has 0 spiro atoms. The van der Waals surface area contributed by atoms with E-state index in [1.165, 1.54) is 18.0 Å². The Morgan fingerprint density at radius 1 is 0.958 bits per heavy atom. The van der Waals surface area contributed by atoms with Crippen molar-refractivity contribution < 1.29 is 38.4 Å². The smallest absolute Gasteiger partial charge is 0.408 e. The Balaban J connectivity index is 1.15. The van der Waals surface area contributed by atoms with Gasteiger partial charge in [-0.3, -0.25) is 9.59 Å². The van der Waals surface area contributed by atoms with Crippen molar-refractivity contribution in [2.24, 2.45) is 5.92 Å². The molecule has 1 unspecified atom stereocenters. The van der Waals surface area contributed by atoms with Gasteiger partial charge in [0.1, 0.15) is 12.6 Å². The number of nitrogens with zero attached hydrogens (tertiary/aromatic N) is 2. The zero-order valence-electron chi connectivity index (χ0n) is 26.1. The Bertz CT molecular complexity index is 1740. The average Bonchev–Trinajstić information content (AvgIpc) is 3.39. The molecule has 2 fully saturated rings. The fourth-order valence-electron chi connectivity index (χ4n) is 5.71. The molecule has 4 aromatic rings. The molecule has 0 bridgehead atoms. The average molecular weight is 670 g/mol. The molecule has 11 nitrogen and oxygen atoms in total. The molecule has 3 heterocycles. The molecule has 5 atom stereocenters. The number of benzene rings is 3. The number of aliphatic hydroxyl groups is 1. The number of carbonyl (C=O) groups excluding carboxylic acids is 3. The van der Waals surface area contributed by atoms with Crippen LogP contribution in [-0.4, -0.2) is 40.9 Å². The lowest BCUT2D eigenvalue weighted by atomic mass is 9.91. The van der Waals surface area contributed by atoms with Crippen molar-refractivity contribution in [2.75, 3.05) is 10.7 Å². The maximum atomic E-state index is 13.2. The third kappa shape index (κ3) is 7.52. The van der Waals surface area contributed by atoms with Crippen LogP contribution in [0.15, 0.2) is 108 Å². The number of anilines is 1. The molecule has 0 radical (unpaired) electrons. The molecule has 0 saturated carbocycles. The normalized spacial score (nSPS) is 22.5. The minimum atomic E-state index is -1.04. The number of carbonyl (C=O) groups is 3. The lowest BCUT2D eigenvalue weighted by Crippen LogP contribution is -2.42. The second kappa shape index (κ2) is 15.0. The van der Waals surface area contributed by atoms with Gasteiger partial charge < -0.3 is 29.8 Å². The lowest BCUT2D eigenvalue weighted by Gasteiger charge is -2.41. The first kappa shape index (κ1) is 33.2. The summed E-state index contributed by atoms with van der Waals surface area (Å²) in [6.07, 6.45) is -0.947. The number of aliphatic hydroxyl groups excluding tert-OH is 1. The first-order valence-corrected chi connectivity index (χ1v) is 16.5. The molecular formula is C36H35N3O8S. The molecule has 12 heteroatoms. The van der Waals surface area contributed by atoms with Crippen LogP contribution in [0, 0.1) is 11.1 Å². The largest absolute Gasteiger partial charge is 0.618 e. The fourth-order valence-corrected chi connectivity index (χ4v) is 6.79. The molecule has 3 amide bonds. The van der Waals surface area contributed by atoms with Crippen LogP contribution in [0.1, 0.15) is 48.0 Å². The molecule has 2 aliphatic rings. The SMILES string of the molecule is C[C@@H]1[C@H](CSc2cccc[n+]2[O-])O[C@H](c2ccc(N3C(=O)CC(NC(=O)OCc4ccccc4)C3=O)cc2)O[C@@H]1c1ccc(CO)cc1. The van der Waals surface area contributed by atoms with E-state index in [1.54, 1.807) is 36.4 Å². The van der Waals surface area contributed by atoms with E-state index in [1.807, 2.05) is 67.6 Å². The Kier molecular flexibility index (Phi) is 10.4. The quantitative estimate of drug-likeness (QED) is 0.104. The summed E-state index contributed by atoms with van der Waals surface area (Å²) >= 11 is 1.40. The van der Waals surface area contributed by atoms with Crippen LogP contribution in [0.2, 0.25) is 0 Å². The summed E-state index contributed by atoms with van der Waals surface area (Å²) in [6, 6.07) is 27.7. The minimum absolute atomic E-state index is 0.0378. The lowest BCUT2D eigenvalue weighted by molar-refractivity contribution is -0.645. The van der Waals surface area contributed by atoms with Gasteiger partial charge in [0, 0.05) is 29.4 Å². The number of amides is 3. The van der Waals surface area contributed by atoms with E-state index in [4.69, 9.17) is 14.2 Å². The number of rotatable bonds is 10. The summed E-state index contributed by atoms with van der Waals surface area (Å²) in [4.78, 5) is 39.5. The van der Waals surface area contributed by atoms with Gasteiger partial charge in [-0.1, -0.05) is 85.4 Å². The van der Waals surface area contributed by atoms with Crippen molar-refractivity contribution >= 4 is 35.4 Å². The van der Waals surface area contributed by atoms with Gasteiger partial charge in [-0.25, -0.2) is 9.69 Å². The number of hydrogen-bond donors (Lipinski definition) is 2. The number of aromatic nitrogens is 1. The molecule has 1 aromatic heterocycles. The summed E-state index contributed by atoms with van der Waals surface area (Å²) in [5.74, 6) is -0.584. The molecule has 2 saturated heterocycles. The Morgan fingerprint density at radius 3 is 2.38 bits per heavy atom. The molecule has 248 valence electrons. The van der Waals surface area contributed by atoms with Gasteiger partial charge in [-0.15, -0.1) is 0 Å². The minimum Gasteiger partial charge on any atom is -0.618 e. The molecular weight excluding hydrogens is 634 g/mol. The van der Waals surface area contributed by atoms with E-state index in [-0.39, 0.29) is 37.8 Å². The van der Waals surface area contributed by atoms with Gasteiger partial charge >= 0.3 is 6.09 Å². The zero-order chi connectivity index (χ0) is 33.6. The number of thioether (sulfide) groups is 1. The van der Waals surface area contributed by atoms with E-state index < -0.39 is 30.2 Å². The van der Waals surface area contributed by atoms with Crippen molar-refractivity contribution in [2.45, 2.75) is 56.1 Å². The van der Waals surface area contributed by atoms with Gasteiger partial charge in [0.25, 0.3) is 10.9 Å². The third-order valence-corrected chi connectivity index (χ3v) is 9.49. The monoisotopic (exact) mass is 669 g/mol. The van der Waals surface area contributed by atoms with Crippen LogP contribution in [0.25, 0.3) is 0 Å². The second-order valence-corrected chi connectivity index (χ2v) is 12.7. The van der Waals surface area contributed by atoms with Crippen LogP contribution in [0.4, 0.5) is 10.5 Å². The third-order valence-electron chi connectivity index (χ3n) is 8.38. The number of nitrogens with one attached hydrogen (secondary N) is 1. The van der Waals surface area contributed by atoms with Gasteiger partial charge in [0.2, 0.25) is 5.91 Å². The molecule has 2 N–H and O–H groups in total. The number of alkyl carbamates (subject to hydrolysis) is 1. The van der Waals surface area contributed by atoms with Gasteiger partial charge in [0.15, 0.2) is 12.5 Å². The standard InChI is InChI=1S/C36H35N3O8S/c1-23-30(22-48-32-9-5-6-18-38(32)44)46-35(47-33(23)26-12-10-24(20-40)11-13-26)27-14-16-28(17-15-27)39-31(41)19-29(34(39)42)37-36(43)45-21-25-7-3-2-4-8-25/h2-18,23,29-30,33,35,40H,19-22H2,1H3,(H,37,43)/t23-,29?,30+,33+,35+/m1/s1. The van der Waals surface area contributed by atoms with Crippen LogP contribution < -0.4 is 14.9 Å². The Hall–Kier alpha value is -4.75. The maximum Gasteiger partial charge on any atom is 0.408 e. The zero-order valence-corrected chi connectivity index (χ0v) is 27.0. The Labute approximate surface area is 282 Å². The summed E-state index contributed by atoms with van der Waals surface area (Å²) < 4.78 is 19.0. The summed E-state index contributed by atoms with van der Waals surface area (Å²) in [6.45, 7) is 2.01. The van der Waals surface area contributed by atoms with Crippen molar-refractivity contribution in [1.29, 1.82) is 0 Å². The van der Waals surface area contributed by atoms with E-state index in [0.717, 1.165) is 26.3 Å². The maximum absolute atomic E-state index is 13.2. The van der Waals surface area contributed by atoms with Crippen molar-refractivity contribution in [3.63, 3.8) is 0 Å². The molecule has 48 heavy (non-hydrogen) atoms. The van der Waals surface area contributed by atoms with E-state index in [2.05, 4.69) is 5.32 Å². The van der Waals surface area contributed by atoms with E-state index in [9.17, 15) is 24.7 Å². The van der Waals surface area contributed by atoms with Gasteiger partial charge in [-0.2, -0.15) is 4.73 Å². The van der Waals surface area contributed by atoms with Crippen LogP contribution in [0.5, 0.6) is 0 Å². The van der Waals surface area contributed by atoms with E-state index in [0.29, 0.717) is 22.0 Å². The van der Waals surface area contributed by atoms with Gasteiger partial charge in [-0.05, 0) is 34.9 Å². The summed E-state index contributed by atoms with van der Waals surface area (Å²) in [5, 5.41) is 24.9. The highest BCUT2D eigenvalue weighted by Gasteiger charge is 2.42. The van der Waals surface area contributed by atoms with Crippen molar-refractivity contribution in [3.05, 3.63) is 131 Å². The second-order valence-electron chi connectivity index (χ2n) is 11.6. The summed E-state index contributed by atoms with van der Waals surface area (Å²) in [5.41, 5.74) is 3.54. The predicted molar refractivity (Wildman–Crippen MR) is 176 cm³/mol. The number of imide groups is 1. The molecule has 6 rings (SSSR count). The Morgan fingerprint density at radius 2 is 1.67 bits per heavy atom. The fraction of sp³-hybridized carbons (Fsp3) is 0.278. The van der Waals surface area contributed by atoms with Gasteiger partial charge in [0.05, 0.1) is 30.9 Å². The first-order chi connectivity index (χ1) is 23.3. The topological polar surface area (TPSA) is 141 Å². The molecule has 2 aliphatic heterocycles. The highest BCUT2D eigenvalue weighted by Crippen LogP contribution is 2.43. The van der Waals surface area contributed by atoms with Crippen LogP contribution in [0.3, 0.4) is 0 Å². The number of hydrogen-bond acceptors (Lipinski definition) is 9. The van der Waals surface area contributed by atoms with Crippen molar-refractivity contribution in [1.82, 2.24) is 5.32 Å². The summed E-state index contributed by atoms with van der Waals surface area (Å²) in [7, 11) is 0. The molecule has 0 aliphatic carbocycles. The predicted octanol–water partition coefficient (Wildman–Crippen LogP) is 4.95. The number of ether oxygens (including phenoxy) is 3. The van der Waals surface area contributed by atoms with Crippen molar-refractivity contribution in [3.8, 4) is 0 Å². The van der Waals surface area contributed by atoms with E-state index >= 15 is 0 Å².